The first kappa shape index (κ1) is 18.3. The average Bonchev–Trinajstić information content (AvgIpc) is 2.52. The van der Waals surface area contributed by atoms with E-state index in [1.165, 1.54) is 18.2 Å². The third kappa shape index (κ3) is 6.70. The van der Waals surface area contributed by atoms with Crippen molar-refractivity contribution in [1.29, 1.82) is 0 Å². The maximum atomic E-state index is 11.8. The summed E-state index contributed by atoms with van der Waals surface area (Å²) in [6.45, 7) is 6.54. The minimum Gasteiger partial charge on any atom is -0.334 e. The van der Waals surface area contributed by atoms with Crippen molar-refractivity contribution >= 4 is 17.6 Å². The van der Waals surface area contributed by atoms with Crippen LogP contribution in [0.5, 0.6) is 0 Å². The van der Waals surface area contributed by atoms with E-state index in [0.29, 0.717) is 13.1 Å². The second-order valence-corrected chi connectivity index (χ2v) is 4.78. The molecule has 0 unspecified atom stereocenters. The molecule has 1 aromatic carbocycles. The molecule has 8 nitrogen and oxygen atoms in total. The number of urea groups is 1. The molecule has 0 aliphatic carbocycles. The molecule has 0 heterocycles. The van der Waals surface area contributed by atoms with Crippen molar-refractivity contribution in [1.82, 2.24) is 15.5 Å². The summed E-state index contributed by atoms with van der Waals surface area (Å²) in [5.41, 5.74) is 0.733. The SMILES string of the molecule is C=CCNC(=O)NC(=O)CN(CC)Cc1cccc([N+](=O)[O-])c1. The summed E-state index contributed by atoms with van der Waals surface area (Å²) in [5, 5.41) is 15.4. The van der Waals surface area contributed by atoms with E-state index in [1.807, 2.05) is 6.92 Å². The van der Waals surface area contributed by atoms with Gasteiger partial charge in [-0.3, -0.25) is 25.1 Å². The number of nitro benzene ring substituents is 1. The smallest absolute Gasteiger partial charge is 0.321 e. The molecular weight excluding hydrogens is 300 g/mol. The molecule has 1 aromatic rings. The van der Waals surface area contributed by atoms with Gasteiger partial charge in [0.2, 0.25) is 5.91 Å². The van der Waals surface area contributed by atoms with Gasteiger partial charge in [0.05, 0.1) is 11.5 Å². The van der Waals surface area contributed by atoms with Gasteiger partial charge in [-0.15, -0.1) is 6.58 Å². The number of nitrogens with one attached hydrogen (secondary N) is 2. The Kier molecular flexibility index (Phi) is 7.41. The Hall–Kier alpha value is -2.74. The number of amides is 3. The van der Waals surface area contributed by atoms with Crippen molar-refractivity contribution in [3.05, 3.63) is 52.6 Å². The summed E-state index contributed by atoms with van der Waals surface area (Å²) in [5.74, 6) is -0.446. The molecule has 0 aliphatic rings. The predicted octanol–water partition coefficient (Wildman–Crippen LogP) is 1.43. The van der Waals surface area contributed by atoms with Crippen molar-refractivity contribution < 1.29 is 14.5 Å². The minimum atomic E-state index is -0.582. The van der Waals surface area contributed by atoms with E-state index in [9.17, 15) is 19.7 Å². The number of likely N-dealkylation sites (N-methyl/N-ethyl adjacent to an activating group) is 1. The van der Waals surface area contributed by atoms with Gasteiger partial charge >= 0.3 is 6.03 Å². The number of hydrogen-bond acceptors (Lipinski definition) is 5. The zero-order valence-electron chi connectivity index (χ0n) is 12.9. The van der Waals surface area contributed by atoms with Gasteiger partial charge in [-0.2, -0.15) is 0 Å². The first-order chi connectivity index (χ1) is 11.0. The number of non-ortho nitro benzene ring substituents is 1. The van der Waals surface area contributed by atoms with Gasteiger partial charge in [0.15, 0.2) is 0 Å². The third-order valence-corrected chi connectivity index (χ3v) is 3.00. The van der Waals surface area contributed by atoms with Crippen LogP contribution in [0.25, 0.3) is 0 Å². The predicted molar refractivity (Wildman–Crippen MR) is 85.8 cm³/mol. The molecule has 0 radical (unpaired) electrons. The lowest BCUT2D eigenvalue weighted by Crippen LogP contribution is -2.44. The molecule has 0 saturated carbocycles. The number of carbonyl (C=O) groups is 2. The molecule has 3 amide bonds. The van der Waals surface area contributed by atoms with Crippen LogP contribution in [0.2, 0.25) is 0 Å². The number of nitro groups is 1. The van der Waals surface area contributed by atoms with E-state index < -0.39 is 16.9 Å². The molecule has 0 saturated heterocycles. The van der Waals surface area contributed by atoms with Crippen LogP contribution >= 0.6 is 0 Å². The van der Waals surface area contributed by atoms with Gasteiger partial charge in [-0.05, 0) is 12.1 Å². The first-order valence-electron chi connectivity index (χ1n) is 7.10. The fraction of sp³-hybridized carbons (Fsp3) is 0.333. The van der Waals surface area contributed by atoms with Crippen LogP contribution in [0.4, 0.5) is 10.5 Å². The highest BCUT2D eigenvalue weighted by molar-refractivity contribution is 5.95. The van der Waals surface area contributed by atoms with Crippen molar-refractivity contribution in [3.63, 3.8) is 0 Å². The Bertz CT molecular complexity index is 589. The first-order valence-corrected chi connectivity index (χ1v) is 7.10. The molecule has 124 valence electrons. The Morgan fingerprint density at radius 2 is 2.17 bits per heavy atom. The number of nitrogens with zero attached hydrogens (tertiary/aromatic N) is 2. The molecular formula is C15H20N4O4. The van der Waals surface area contributed by atoms with Crippen LogP contribution in [-0.4, -0.2) is 41.4 Å². The van der Waals surface area contributed by atoms with Gasteiger partial charge in [-0.25, -0.2) is 4.79 Å². The van der Waals surface area contributed by atoms with Crippen molar-refractivity contribution in [2.45, 2.75) is 13.5 Å². The van der Waals surface area contributed by atoms with E-state index >= 15 is 0 Å². The van der Waals surface area contributed by atoms with E-state index in [0.717, 1.165) is 5.56 Å². The highest BCUT2D eigenvalue weighted by Gasteiger charge is 2.13. The summed E-state index contributed by atoms with van der Waals surface area (Å²) >= 11 is 0. The highest BCUT2D eigenvalue weighted by Crippen LogP contribution is 2.14. The monoisotopic (exact) mass is 320 g/mol. The number of imide groups is 1. The lowest BCUT2D eigenvalue weighted by atomic mass is 10.2. The fourth-order valence-corrected chi connectivity index (χ4v) is 1.88. The quantitative estimate of drug-likeness (QED) is 0.428. The zero-order valence-corrected chi connectivity index (χ0v) is 12.9. The van der Waals surface area contributed by atoms with Crippen LogP contribution < -0.4 is 10.6 Å². The molecule has 23 heavy (non-hydrogen) atoms. The maximum absolute atomic E-state index is 11.8. The molecule has 0 bridgehead atoms. The summed E-state index contributed by atoms with van der Waals surface area (Å²) in [4.78, 5) is 35.3. The standard InChI is InChI=1S/C15H20N4O4/c1-3-8-16-15(21)17-14(20)11-18(4-2)10-12-6-5-7-13(9-12)19(22)23/h3,5-7,9H,1,4,8,10-11H2,2H3,(H2,16,17,20,21). The Morgan fingerprint density at radius 1 is 1.43 bits per heavy atom. The van der Waals surface area contributed by atoms with Crippen LogP contribution in [-0.2, 0) is 11.3 Å². The highest BCUT2D eigenvalue weighted by atomic mass is 16.6. The van der Waals surface area contributed by atoms with Crippen LogP contribution in [0.1, 0.15) is 12.5 Å². The van der Waals surface area contributed by atoms with E-state index in [2.05, 4.69) is 17.2 Å². The Balaban J connectivity index is 2.58. The van der Waals surface area contributed by atoms with Crippen LogP contribution in [0, 0.1) is 10.1 Å². The molecule has 0 aromatic heterocycles. The molecule has 0 spiro atoms. The Labute approximate surface area is 134 Å². The normalized spacial score (nSPS) is 10.2. The second-order valence-electron chi connectivity index (χ2n) is 4.78. The molecule has 2 N–H and O–H groups in total. The largest absolute Gasteiger partial charge is 0.334 e. The molecule has 0 aliphatic heterocycles. The third-order valence-electron chi connectivity index (χ3n) is 3.00. The van der Waals surface area contributed by atoms with Crippen molar-refractivity contribution in [2.24, 2.45) is 0 Å². The van der Waals surface area contributed by atoms with Gasteiger partial charge in [0.25, 0.3) is 5.69 Å². The summed E-state index contributed by atoms with van der Waals surface area (Å²) in [6.07, 6.45) is 1.50. The average molecular weight is 320 g/mol. The molecule has 8 heteroatoms. The van der Waals surface area contributed by atoms with Gasteiger partial charge in [0, 0.05) is 25.2 Å². The van der Waals surface area contributed by atoms with Gasteiger partial charge in [-0.1, -0.05) is 25.1 Å². The number of carbonyl (C=O) groups excluding carboxylic acids is 2. The van der Waals surface area contributed by atoms with E-state index in [1.54, 1.807) is 17.0 Å². The molecule has 1 rings (SSSR count). The second kappa shape index (κ2) is 9.31. The van der Waals surface area contributed by atoms with E-state index in [-0.39, 0.29) is 18.8 Å². The Morgan fingerprint density at radius 3 is 2.78 bits per heavy atom. The van der Waals surface area contributed by atoms with Gasteiger partial charge in [0.1, 0.15) is 0 Å². The van der Waals surface area contributed by atoms with E-state index in [4.69, 9.17) is 0 Å². The number of hydrogen-bond donors (Lipinski definition) is 2. The number of rotatable bonds is 8. The van der Waals surface area contributed by atoms with Crippen molar-refractivity contribution in [3.8, 4) is 0 Å². The molecule has 0 fully saturated rings. The lowest BCUT2D eigenvalue weighted by molar-refractivity contribution is -0.384. The van der Waals surface area contributed by atoms with Crippen LogP contribution in [0.15, 0.2) is 36.9 Å². The van der Waals surface area contributed by atoms with Gasteiger partial charge < -0.3 is 5.32 Å². The lowest BCUT2D eigenvalue weighted by Gasteiger charge is -2.19. The minimum absolute atomic E-state index is 0.00630. The fourth-order valence-electron chi connectivity index (χ4n) is 1.88. The summed E-state index contributed by atoms with van der Waals surface area (Å²) in [7, 11) is 0. The van der Waals surface area contributed by atoms with Crippen molar-refractivity contribution in [2.75, 3.05) is 19.6 Å². The molecule has 0 atom stereocenters. The summed E-state index contributed by atoms with van der Waals surface area (Å²) < 4.78 is 0. The topological polar surface area (TPSA) is 105 Å². The zero-order chi connectivity index (χ0) is 17.2. The number of benzene rings is 1. The maximum Gasteiger partial charge on any atom is 0.321 e. The summed E-state index contributed by atoms with van der Waals surface area (Å²) in [6, 6.07) is 5.66. The van der Waals surface area contributed by atoms with Crippen LogP contribution in [0.3, 0.4) is 0 Å².